The van der Waals surface area contributed by atoms with E-state index in [2.05, 4.69) is 15.6 Å². The quantitative estimate of drug-likeness (QED) is 0.871. The van der Waals surface area contributed by atoms with Crippen LogP contribution in [0.4, 0.5) is 0 Å². The number of hydrogen-bond acceptors (Lipinski definition) is 3. The van der Waals surface area contributed by atoms with Crippen LogP contribution < -0.4 is 10.5 Å². The number of nitrogens with two attached hydrogens (primary N) is 1. The number of rotatable bonds is 4. The molecule has 0 bridgehead atoms. The van der Waals surface area contributed by atoms with Crippen LogP contribution in [0.2, 0.25) is 0 Å². The molecule has 1 heterocycles. The predicted octanol–water partition coefficient (Wildman–Crippen LogP) is 1.71. The SMILES string of the molecule is COc1ccccc1Cn1cc(CN)nc1C. The third-order valence-electron chi connectivity index (χ3n) is 2.77. The van der Waals surface area contributed by atoms with Gasteiger partial charge in [0.25, 0.3) is 0 Å². The van der Waals surface area contributed by atoms with Gasteiger partial charge >= 0.3 is 0 Å². The van der Waals surface area contributed by atoms with Crippen molar-refractivity contribution in [3.63, 3.8) is 0 Å². The van der Waals surface area contributed by atoms with E-state index in [9.17, 15) is 0 Å². The average Bonchev–Trinajstić information content (AvgIpc) is 2.71. The summed E-state index contributed by atoms with van der Waals surface area (Å²) in [5, 5.41) is 0. The molecule has 2 rings (SSSR count). The number of imidazole rings is 1. The Bertz CT molecular complexity index is 505. The van der Waals surface area contributed by atoms with Crippen LogP contribution in [0.3, 0.4) is 0 Å². The van der Waals surface area contributed by atoms with Crippen LogP contribution in [0.5, 0.6) is 5.75 Å². The number of hydrogen-bond donors (Lipinski definition) is 1. The maximum atomic E-state index is 5.58. The average molecular weight is 231 g/mol. The van der Waals surface area contributed by atoms with Gasteiger partial charge in [0.1, 0.15) is 11.6 Å². The summed E-state index contributed by atoms with van der Waals surface area (Å²) in [6.45, 7) is 3.21. The number of para-hydroxylation sites is 1. The molecule has 90 valence electrons. The molecular formula is C13H17N3O. The van der Waals surface area contributed by atoms with Crippen LogP contribution in [0, 0.1) is 6.92 Å². The second kappa shape index (κ2) is 5.01. The molecule has 0 aliphatic carbocycles. The number of aryl methyl sites for hydroxylation is 1. The summed E-state index contributed by atoms with van der Waals surface area (Å²) < 4.78 is 7.42. The van der Waals surface area contributed by atoms with Crippen molar-refractivity contribution in [1.82, 2.24) is 9.55 Å². The summed E-state index contributed by atoms with van der Waals surface area (Å²) in [4.78, 5) is 4.38. The Morgan fingerprint density at radius 1 is 1.35 bits per heavy atom. The van der Waals surface area contributed by atoms with Crippen molar-refractivity contribution < 1.29 is 4.74 Å². The molecule has 0 unspecified atom stereocenters. The number of benzene rings is 1. The van der Waals surface area contributed by atoms with Gasteiger partial charge in [-0.3, -0.25) is 0 Å². The second-order valence-corrected chi connectivity index (χ2v) is 3.92. The number of ether oxygens (including phenoxy) is 1. The van der Waals surface area contributed by atoms with Gasteiger partial charge in [0.15, 0.2) is 0 Å². The summed E-state index contributed by atoms with van der Waals surface area (Å²) in [5.41, 5.74) is 7.63. The van der Waals surface area contributed by atoms with Crippen LogP contribution in [-0.4, -0.2) is 16.7 Å². The molecule has 4 nitrogen and oxygen atoms in total. The van der Waals surface area contributed by atoms with Gasteiger partial charge in [-0.05, 0) is 13.0 Å². The lowest BCUT2D eigenvalue weighted by Gasteiger charge is -2.09. The molecule has 17 heavy (non-hydrogen) atoms. The van der Waals surface area contributed by atoms with Crippen molar-refractivity contribution >= 4 is 0 Å². The first-order chi connectivity index (χ1) is 8.24. The zero-order valence-electron chi connectivity index (χ0n) is 10.2. The zero-order valence-corrected chi connectivity index (χ0v) is 10.2. The molecule has 4 heteroatoms. The van der Waals surface area contributed by atoms with Gasteiger partial charge in [-0.25, -0.2) is 4.98 Å². The van der Waals surface area contributed by atoms with E-state index < -0.39 is 0 Å². The molecule has 0 saturated carbocycles. The third kappa shape index (κ3) is 2.47. The highest BCUT2D eigenvalue weighted by molar-refractivity contribution is 5.33. The summed E-state index contributed by atoms with van der Waals surface area (Å²) in [6, 6.07) is 7.99. The fraction of sp³-hybridized carbons (Fsp3) is 0.308. The minimum Gasteiger partial charge on any atom is -0.496 e. The van der Waals surface area contributed by atoms with Crippen LogP contribution in [0.25, 0.3) is 0 Å². The molecule has 0 atom stereocenters. The molecule has 0 radical (unpaired) electrons. The molecule has 2 aromatic rings. The molecular weight excluding hydrogens is 214 g/mol. The Balaban J connectivity index is 2.27. The number of nitrogens with zero attached hydrogens (tertiary/aromatic N) is 2. The second-order valence-electron chi connectivity index (χ2n) is 3.92. The van der Waals surface area contributed by atoms with Crippen molar-refractivity contribution in [2.45, 2.75) is 20.0 Å². The van der Waals surface area contributed by atoms with E-state index in [1.54, 1.807) is 7.11 Å². The fourth-order valence-corrected chi connectivity index (χ4v) is 1.85. The van der Waals surface area contributed by atoms with Gasteiger partial charge < -0.3 is 15.0 Å². The first-order valence-electron chi connectivity index (χ1n) is 5.59. The maximum absolute atomic E-state index is 5.58. The van der Waals surface area contributed by atoms with Crippen LogP contribution in [0.1, 0.15) is 17.1 Å². The van der Waals surface area contributed by atoms with Crippen LogP contribution in [0.15, 0.2) is 30.5 Å². The lowest BCUT2D eigenvalue weighted by atomic mass is 10.2. The van der Waals surface area contributed by atoms with E-state index in [4.69, 9.17) is 10.5 Å². The molecule has 0 amide bonds. The summed E-state index contributed by atoms with van der Waals surface area (Å²) >= 11 is 0. The Morgan fingerprint density at radius 3 is 2.76 bits per heavy atom. The van der Waals surface area contributed by atoms with Gasteiger partial charge in [-0.1, -0.05) is 18.2 Å². The van der Waals surface area contributed by atoms with Crippen molar-refractivity contribution in [2.75, 3.05) is 7.11 Å². The minimum atomic E-state index is 0.472. The topological polar surface area (TPSA) is 53.1 Å². The molecule has 1 aromatic carbocycles. The van der Waals surface area contributed by atoms with E-state index in [0.29, 0.717) is 6.54 Å². The van der Waals surface area contributed by atoms with Crippen molar-refractivity contribution in [3.8, 4) is 5.75 Å². The lowest BCUT2D eigenvalue weighted by Crippen LogP contribution is -2.02. The van der Waals surface area contributed by atoms with Crippen molar-refractivity contribution in [1.29, 1.82) is 0 Å². The van der Waals surface area contributed by atoms with Gasteiger partial charge in [0.05, 0.1) is 19.3 Å². The molecule has 0 fully saturated rings. The standard InChI is InChI=1S/C13H17N3O/c1-10-15-12(7-14)9-16(10)8-11-5-3-4-6-13(11)17-2/h3-6,9H,7-8,14H2,1-2H3. The first-order valence-corrected chi connectivity index (χ1v) is 5.59. The largest absolute Gasteiger partial charge is 0.496 e. The fourth-order valence-electron chi connectivity index (χ4n) is 1.85. The molecule has 1 aromatic heterocycles. The lowest BCUT2D eigenvalue weighted by molar-refractivity contribution is 0.408. The van der Waals surface area contributed by atoms with E-state index in [1.165, 1.54) is 0 Å². The highest BCUT2D eigenvalue weighted by Crippen LogP contribution is 2.19. The van der Waals surface area contributed by atoms with Crippen LogP contribution in [-0.2, 0) is 13.1 Å². The van der Waals surface area contributed by atoms with Gasteiger partial charge in [0.2, 0.25) is 0 Å². The summed E-state index contributed by atoms with van der Waals surface area (Å²) in [5.74, 6) is 1.87. The monoisotopic (exact) mass is 231 g/mol. The van der Waals surface area contributed by atoms with E-state index >= 15 is 0 Å². The Labute approximate surface area is 101 Å². The number of methoxy groups -OCH3 is 1. The van der Waals surface area contributed by atoms with Gasteiger partial charge in [-0.15, -0.1) is 0 Å². The third-order valence-corrected chi connectivity index (χ3v) is 2.77. The Morgan fingerprint density at radius 2 is 2.12 bits per heavy atom. The molecule has 0 saturated heterocycles. The molecule has 2 N–H and O–H groups in total. The van der Waals surface area contributed by atoms with E-state index in [0.717, 1.165) is 29.4 Å². The summed E-state index contributed by atoms with van der Waals surface area (Å²) in [7, 11) is 1.69. The smallest absolute Gasteiger partial charge is 0.123 e. The van der Waals surface area contributed by atoms with Crippen molar-refractivity contribution in [3.05, 3.63) is 47.5 Å². The molecule has 0 spiro atoms. The highest BCUT2D eigenvalue weighted by Gasteiger charge is 2.06. The predicted molar refractivity (Wildman–Crippen MR) is 67.0 cm³/mol. The van der Waals surface area contributed by atoms with E-state index in [-0.39, 0.29) is 0 Å². The normalized spacial score (nSPS) is 10.5. The Kier molecular flexibility index (Phi) is 3.44. The zero-order chi connectivity index (χ0) is 12.3. The minimum absolute atomic E-state index is 0.472. The highest BCUT2D eigenvalue weighted by atomic mass is 16.5. The Hall–Kier alpha value is -1.81. The molecule has 0 aliphatic rings. The van der Waals surface area contributed by atoms with Crippen LogP contribution >= 0.6 is 0 Å². The van der Waals surface area contributed by atoms with E-state index in [1.807, 2.05) is 31.3 Å². The van der Waals surface area contributed by atoms with Gasteiger partial charge in [0, 0.05) is 18.3 Å². The maximum Gasteiger partial charge on any atom is 0.123 e. The molecule has 0 aliphatic heterocycles. The first kappa shape index (κ1) is 11.7. The van der Waals surface area contributed by atoms with Gasteiger partial charge in [-0.2, -0.15) is 0 Å². The number of aromatic nitrogens is 2. The van der Waals surface area contributed by atoms with Crippen molar-refractivity contribution in [2.24, 2.45) is 5.73 Å². The summed E-state index contributed by atoms with van der Waals surface area (Å²) in [6.07, 6.45) is 1.99.